The number of pyridine rings is 1. The number of piperazine rings is 1. The summed E-state index contributed by atoms with van der Waals surface area (Å²) >= 11 is 1.56. The van der Waals surface area contributed by atoms with Gasteiger partial charge < -0.3 is 20.5 Å². The molecule has 164 valence electrons. The Morgan fingerprint density at radius 1 is 1.26 bits per heavy atom. The van der Waals surface area contributed by atoms with Crippen molar-refractivity contribution in [2.45, 2.75) is 13.5 Å². The van der Waals surface area contributed by atoms with Crippen LogP contribution in [0.2, 0.25) is 0 Å². The second kappa shape index (κ2) is 9.71. The number of imidazole rings is 1. The van der Waals surface area contributed by atoms with Gasteiger partial charge in [-0.2, -0.15) is 0 Å². The van der Waals surface area contributed by atoms with Gasteiger partial charge in [0.05, 0.1) is 23.3 Å². The molecule has 0 bridgehead atoms. The topological polar surface area (TPSA) is 100 Å². The normalized spacial score (nSPS) is 15.4. The lowest BCUT2D eigenvalue weighted by Crippen LogP contribution is -2.46. The molecule has 1 aliphatic heterocycles. The summed E-state index contributed by atoms with van der Waals surface area (Å²) in [6.07, 6.45) is 8.51. The molecule has 31 heavy (non-hydrogen) atoms. The van der Waals surface area contributed by atoms with E-state index in [2.05, 4.69) is 45.7 Å². The number of hydrogen-bond donors (Lipinski definition) is 2. The van der Waals surface area contributed by atoms with E-state index in [-0.39, 0.29) is 1.43 Å². The highest BCUT2D eigenvalue weighted by Crippen LogP contribution is 2.24. The number of nitrogens with one attached hydrogen (secondary N) is 1. The Morgan fingerprint density at radius 3 is 2.81 bits per heavy atom. The molecular formula is C21H29N9S. The predicted octanol–water partition coefficient (Wildman–Crippen LogP) is 3.07. The van der Waals surface area contributed by atoms with Gasteiger partial charge in [0.2, 0.25) is 5.95 Å². The van der Waals surface area contributed by atoms with Crippen LogP contribution in [-0.2, 0) is 13.6 Å². The van der Waals surface area contributed by atoms with Crippen LogP contribution in [0.15, 0.2) is 47.2 Å². The molecule has 1 saturated heterocycles. The third-order valence-electron chi connectivity index (χ3n) is 5.28. The fraction of sp³-hybridized carbons (Fsp3) is 0.333. The number of rotatable bonds is 7. The van der Waals surface area contributed by atoms with Gasteiger partial charge in [0, 0.05) is 59.0 Å². The van der Waals surface area contributed by atoms with Crippen LogP contribution in [0, 0.1) is 6.92 Å². The lowest BCUT2D eigenvalue weighted by Gasteiger charge is -2.36. The maximum absolute atomic E-state index is 5.33. The van der Waals surface area contributed by atoms with Crippen LogP contribution in [0.3, 0.4) is 0 Å². The predicted molar refractivity (Wildman–Crippen MR) is 129 cm³/mol. The van der Waals surface area contributed by atoms with Crippen LogP contribution in [0.25, 0.3) is 0 Å². The first kappa shape index (κ1) is 21.0. The monoisotopic (exact) mass is 439 g/mol. The Labute approximate surface area is 187 Å². The van der Waals surface area contributed by atoms with E-state index in [9.17, 15) is 0 Å². The van der Waals surface area contributed by atoms with Gasteiger partial charge in [0.25, 0.3) is 0 Å². The van der Waals surface area contributed by atoms with Gasteiger partial charge in [0.15, 0.2) is 10.9 Å². The molecule has 3 N–H and O–H groups in total. The molecule has 4 rings (SSSR count). The number of aryl methyl sites for hydroxylation is 1. The standard InChI is InChI=1S/C21H27N9S.H2/c1-16-18(4-5-19(26-16)23-7-3-6-22)30-11-9-29(10-12-30)15-17-14-25-20(28(17)2)27-21-24-8-13-31-21;/h3-8,13-14H,9-12,15,22H2,1-2H3,(H,24,25,27);1H/b6-3-,23-7?;. The van der Waals surface area contributed by atoms with E-state index in [1.807, 2.05) is 31.6 Å². The fourth-order valence-electron chi connectivity index (χ4n) is 3.58. The maximum Gasteiger partial charge on any atom is 0.209 e. The van der Waals surface area contributed by atoms with E-state index < -0.39 is 0 Å². The van der Waals surface area contributed by atoms with E-state index in [1.165, 1.54) is 17.6 Å². The molecular weight excluding hydrogens is 410 g/mol. The molecule has 0 radical (unpaired) electrons. The van der Waals surface area contributed by atoms with Crippen molar-refractivity contribution in [2.24, 2.45) is 17.8 Å². The van der Waals surface area contributed by atoms with Crippen molar-refractivity contribution in [2.75, 3.05) is 36.4 Å². The van der Waals surface area contributed by atoms with Crippen molar-refractivity contribution < 1.29 is 1.43 Å². The van der Waals surface area contributed by atoms with Crippen molar-refractivity contribution in [3.05, 3.63) is 53.6 Å². The molecule has 1 fully saturated rings. The van der Waals surface area contributed by atoms with Crippen molar-refractivity contribution in [3.8, 4) is 0 Å². The average molecular weight is 440 g/mol. The molecule has 0 spiro atoms. The summed E-state index contributed by atoms with van der Waals surface area (Å²) in [6.45, 7) is 6.80. The van der Waals surface area contributed by atoms with Gasteiger partial charge in [-0.25, -0.2) is 19.9 Å². The van der Waals surface area contributed by atoms with E-state index >= 15 is 0 Å². The lowest BCUT2D eigenvalue weighted by atomic mass is 10.2. The fourth-order valence-corrected chi connectivity index (χ4v) is 4.10. The summed E-state index contributed by atoms with van der Waals surface area (Å²) in [5, 5.41) is 6.07. The zero-order valence-corrected chi connectivity index (χ0v) is 18.6. The first-order valence-corrected chi connectivity index (χ1v) is 11.0. The van der Waals surface area contributed by atoms with Gasteiger partial charge in [-0.05, 0) is 31.3 Å². The Hall–Kier alpha value is -3.24. The second-order valence-electron chi connectivity index (χ2n) is 7.29. The van der Waals surface area contributed by atoms with Crippen molar-refractivity contribution in [3.63, 3.8) is 0 Å². The highest BCUT2D eigenvalue weighted by Gasteiger charge is 2.20. The molecule has 0 saturated carbocycles. The van der Waals surface area contributed by atoms with Crippen molar-refractivity contribution in [1.29, 1.82) is 0 Å². The number of nitrogens with two attached hydrogens (primary N) is 1. The largest absolute Gasteiger partial charge is 0.405 e. The zero-order valence-electron chi connectivity index (χ0n) is 17.8. The van der Waals surface area contributed by atoms with Crippen LogP contribution in [0.1, 0.15) is 12.8 Å². The number of thiazole rings is 1. The number of aliphatic imine (C=N–C) groups is 1. The average Bonchev–Trinajstić information content (AvgIpc) is 3.41. The third kappa shape index (κ3) is 5.09. The Morgan fingerprint density at radius 2 is 2.10 bits per heavy atom. The summed E-state index contributed by atoms with van der Waals surface area (Å²) in [5.74, 6) is 1.51. The second-order valence-corrected chi connectivity index (χ2v) is 8.19. The van der Waals surface area contributed by atoms with Crippen LogP contribution in [0.5, 0.6) is 0 Å². The van der Waals surface area contributed by atoms with Crippen molar-refractivity contribution >= 4 is 40.1 Å². The molecule has 0 unspecified atom stereocenters. The highest BCUT2D eigenvalue weighted by atomic mass is 32.1. The summed E-state index contributed by atoms with van der Waals surface area (Å²) in [7, 11) is 2.04. The molecule has 9 nitrogen and oxygen atoms in total. The van der Waals surface area contributed by atoms with E-state index in [1.54, 1.807) is 29.8 Å². The number of aromatic nitrogens is 4. The number of hydrogen-bond acceptors (Lipinski definition) is 9. The first-order chi connectivity index (χ1) is 15.1. The molecule has 1 aliphatic rings. The van der Waals surface area contributed by atoms with Crippen molar-refractivity contribution in [1.82, 2.24) is 24.4 Å². The van der Waals surface area contributed by atoms with Gasteiger partial charge in [-0.15, -0.1) is 11.3 Å². The van der Waals surface area contributed by atoms with Gasteiger partial charge in [-0.3, -0.25) is 4.90 Å². The van der Waals surface area contributed by atoms with E-state index in [4.69, 9.17) is 5.73 Å². The molecule has 4 heterocycles. The van der Waals surface area contributed by atoms with Crippen LogP contribution in [0.4, 0.5) is 22.6 Å². The Kier molecular flexibility index (Phi) is 6.58. The smallest absolute Gasteiger partial charge is 0.209 e. The summed E-state index contributed by atoms with van der Waals surface area (Å²) in [6, 6.07) is 4.05. The Bertz CT molecular complexity index is 1050. The molecule has 0 aliphatic carbocycles. The quantitative estimate of drug-likeness (QED) is 0.546. The molecule has 0 atom stereocenters. The maximum atomic E-state index is 5.33. The number of allylic oxidation sites excluding steroid dienone is 1. The summed E-state index contributed by atoms with van der Waals surface area (Å²) in [4.78, 5) is 22.5. The molecule has 3 aromatic heterocycles. The van der Waals surface area contributed by atoms with E-state index in [0.717, 1.165) is 49.5 Å². The summed E-state index contributed by atoms with van der Waals surface area (Å²) in [5.41, 5.74) is 8.67. The number of nitrogens with zero attached hydrogens (tertiary/aromatic N) is 7. The number of anilines is 3. The van der Waals surface area contributed by atoms with Crippen LogP contribution in [-0.4, -0.2) is 56.8 Å². The minimum Gasteiger partial charge on any atom is -0.405 e. The Balaban J connectivity index is 0.00000289. The summed E-state index contributed by atoms with van der Waals surface area (Å²) < 4.78 is 2.10. The SMILES string of the molecule is Cc1nc(N=C/C=C\N)ccc1N1CCN(Cc2cnc(Nc3nccs3)n2C)CC1.[HH]. The first-order valence-electron chi connectivity index (χ1n) is 10.2. The van der Waals surface area contributed by atoms with Gasteiger partial charge in [0.1, 0.15) is 0 Å². The van der Waals surface area contributed by atoms with E-state index in [0.29, 0.717) is 5.82 Å². The molecule has 10 heteroatoms. The molecule has 0 amide bonds. The molecule has 0 aromatic carbocycles. The lowest BCUT2D eigenvalue weighted by molar-refractivity contribution is 0.245. The minimum absolute atomic E-state index is 0. The third-order valence-corrected chi connectivity index (χ3v) is 5.97. The zero-order chi connectivity index (χ0) is 21.6. The molecule has 3 aromatic rings. The minimum atomic E-state index is 0. The van der Waals surface area contributed by atoms with Gasteiger partial charge in [-0.1, -0.05) is 0 Å². The van der Waals surface area contributed by atoms with Crippen LogP contribution < -0.4 is 16.0 Å². The van der Waals surface area contributed by atoms with Crippen LogP contribution >= 0.6 is 11.3 Å². The highest BCUT2D eigenvalue weighted by molar-refractivity contribution is 7.13. The van der Waals surface area contributed by atoms with Gasteiger partial charge >= 0.3 is 0 Å².